The predicted octanol–water partition coefficient (Wildman–Crippen LogP) is 5.04. The van der Waals surface area contributed by atoms with Crippen molar-refractivity contribution in [2.75, 3.05) is 0 Å². The van der Waals surface area contributed by atoms with E-state index in [1.807, 2.05) is 74.5 Å². The number of nitrogens with zero attached hydrogens (tertiary/aromatic N) is 2. The standard InChI is InChI=1S/C24H24N2O3S2/c1-18(2)26-22-14-13-21(15-23(22)30-24(26)27)31(28,29)25(16-19-9-5-3-6-10-19)17-20-11-7-4-8-12-20/h3-15,18H,16-17H2,1-2H3. The number of benzene rings is 3. The van der Waals surface area contributed by atoms with Crippen molar-refractivity contribution >= 4 is 31.6 Å². The molecular formula is C24H24N2O3S2. The minimum atomic E-state index is -3.78. The largest absolute Gasteiger partial charge is 0.308 e. The number of sulfonamides is 1. The summed E-state index contributed by atoms with van der Waals surface area (Å²) in [5.74, 6) is 0. The molecule has 1 heterocycles. The molecular weight excluding hydrogens is 428 g/mol. The second-order valence-electron chi connectivity index (χ2n) is 7.71. The van der Waals surface area contributed by atoms with E-state index in [0.29, 0.717) is 4.70 Å². The van der Waals surface area contributed by atoms with Gasteiger partial charge < -0.3 is 0 Å². The zero-order valence-electron chi connectivity index (χ0n) is 17.4. The van der Waals surface area contributed by atoms with Crippen molar-refractivity contribution in [2.24, 2.45) is 0 Å². The zero-order chi connectivity index (χ0) is 22.0. The molecule has 5 nitrogen and oxygen atoms in total. The monoisotopic (exact) mass is 452 g/mol. The lowest BCUT2D eigenvalue weighted by Gasteiger charge is -2.23. The van der Waals surface area contributed by atoms with E-state index in [1.165, 1.54) is 4.31 Å². The Bertz CT molecular complexity index is 1300. The van der Waals surface area contributed by atoms with Crippen LogP contribution in [0, 0.1) is 0 Å². The summed E-state index contributed by atoms with van der Waals surface area (Å²) in [5.41, 5.74) is 2.60. The van der Waals surface area contributed by atoms with Gasteiger partial charge in [-0.1, -0.05) is 72.0 Å². The maximum Gasteiger partial charge on any atom is 0.308 e. The van der Waals surface area contributed by atoms with Gasteiger partial charge in [0.05, 0.1) is 15.1 Å². The molecule has 0 atom stereocenters. The molecule has 0 saturated carbocycles. The van der Waals surface area contributed by atoms with E-state index >= 15 is 0 Å². The minimum Gasteiger partial charge on any atom is -0.296 e. The predicted molar refractivity (Wildman–Crippen MR) is 126 cm³/mol. The van der Waals surface area contributed by atoms with Gasteiger partial charge in [-0.25, -0.2) is 8.42 Å². The Morgan fingerprint density at radius 1 is 0.871 bits per heavy atom. The summed E-state index contributed by atoms with van der Waals surface area (Å²) in [4.78, 5) is 12.5. The Balaban J connectivity index is 1.76. The van der Waals surface area contributed by atoms with Crippen molar-refractivity contribution < 1.29 is 8.42 Å². The number of thiazole rings is 1. The molecule has 0 spiro atoms. The number of hydrogen-bond donors (Lipinski definition) is 0. The van der Waals surface area contributed by atoms with E-state index in [4.69, 9.17) is 0 Å². The van der Waals surface area contributed by atoms with Crippen molar-refractivity contribution in [1.82, 2.24) is 8.87 Å². The van der Waals surface area contributed by atoms with Crippen LogP contribution in [-0.4, -0.2) is 17.3 Å². The molecule has 0 radical (unpaired) electrons. The number of fused-ring (bicyclic) bond motifs is 1. The van der Waals surface area contributed by atoms with E-state index in [1.54, 1.807) is 22.8 Å². The maximum atomic E-state index is 13.7. The first-order valence-corrected chi connectivity index (χ1v) is 12.3. The highest BCUT2D eigenvalue weighted by Crippen LogP contribution is 2.27. The van der Waals surface area contributed by atoms with Gasteiger partial charge >= 0.3 is 4.87 Å². The lowest BCUT2D eigenvalue weighted by atomic mass is 10.2. The number of aromatic nitrogens is 1. The van der Waals surface area contributed by atoms with Gasteiger partial charge in [0.2, 0.25) is 10.0 Å². The first-order chi connectivity index (χ1) is 14.9. The van der Waals surface area contributed by atoms with Crippen LogP contribution in [0.4, 0.5) is 0 Å². The third kappa shape index (κ3) is 4.49. The molecule has 0 amide bonds. The smallest absolute Gasteiger partial charge is 0.296 e. The third-order valence-electron chi connectivity index (χ3n) is 5.14. The van der Waals surface area contributed by atoms with Crippen LogP contribution in [0.2, 0.25) is 0 Å². The van der Waals surface area contributed by atoms with Crippen LogP contribution in [0.1, 0.15) is 31.0 Å². The molecule has 31 heavy (non-hydrogen) atoms. The van der Waals surface area contributed by atoms with Crippen LogP contribution in [-0.2, 0) is 23.1 Å². The van der Waals surface area contributed by atoms with E-state index in [9.17, 15) is 13.2 Å². The highest BCUT2D eigenvalue weighted by atomic mass is 32.2. The van der Waals surface area contributed by atoms with Gasteiger partial charge in [-0.2, -0.15) is 4.31 Å². The molecule has 4 rings (SSSR count). The molecule has 0 aliphatic heterocycles. The van der Waals surface area contributed by atoms with Gasteiger partial charge in [-0.05, 0) is 43.2 Å². The number of hydrogen-bond acceptors (Lipinski definition) is 4. The number of rotatable bonds is 7. The van der Waals surface area contributed by atoms with Crippen molar-refractivity contribution in [1.29, 1.82) is 0 Å². The van der Waals surface area contributed by atoms with Crippen molar-refractivity contribution in [3.8, 4) is 0 Å². The van der Waals surface area contributed by atoms with Crippen molar-refractivity contribution in [2.45, 2.75) is 37.9 Å². The average Bonchev–Trinajstić information content (AvgIpc) is 3.10. The lowest BCUT2D eigenvalue weighted by molar-refractivity contribution is 0.401. The van der Waals surface area contributed by atoms with Crippen molar-refractivity contribution in [3.63, 3.8) is 0 Å². The zero-order valence-corrected chi connectivity index (χ0v) is 19.1. The quantitative estimate of drug-likeness (QED) is 0.395. The van der Waals surface area contributed by atoms with Crippen LogP contribution < -0.4 is 4.87 Å². The normalized spacial score (nSPS) is 12.1. The summed E-state index contributed by atoms with van der Waals surface area (Å²) in [6.45, 7) is 4.41. The van der Waals surface area contributed by atoms with Crippen LogP contribution in [0.3, 0.4) is 0 Å². The van der Waals surface area contributed by atoms with Gasteiger partial charge in [-0.15, -0.1) is 0 Å². The van der Waals surface area contributed by atoms with Crippen LogP contribution in [0.5, 0.6) is 0 Å². The van der Waals surface area contributed by atoms with E-state index in [2.05, 4.69) is 0 Å². The Labute approximate surface area is 186 Å². The molecule has 0 bridgehead atoms. The highest BCUT2D eigenvalue weighted by Gasteiger charge is 2.26. The Kier molecular flexibility index (Phi) is 6.09. The second kappa shape index (κ2) is 8.78. The van der Waals surface area contributed by atoms with Gasteiger partial charge in [0.15, 0.2) is 0 Å². The average molecular weight is 453 g/mol. The van der Waals surface area contributed by atoms with Gasteiger partial charge in [-0.3, -0.25) is 9.36 Å². The molecule has 160 valence electrons. The molecule has 0 saturated heterocycles. The highest BCUT2D eigenvalue weighted by molar-refractivity contribution is 7.89. The molecule has 0 aliphatic rings. The second-order valence-corrected chi connectivity index (χ2v) is 10.6. The van der Waals surface area contributed by atoms with E-state index < -0.39 is 10.0 Å². The van der Waals surface area contributed by atoms with Crippen LogP contribution in [0.25, 0.3) is 10.2 Å². The Morgan fingerprint density at radius 2 is 1.42 bits per heavy atom. The van der Waals surface area contributed by atoms with E-state index in [0.717, 1.165) is 28.0 Å². The van der Waals surface area contributed by atoms with Gasteiger partial charge in [0.1, 0.15) is 0 Å². The summed E-state index contributed by atoms with van der Waals surface area (Å²) in [6.07, 6.45) is 0. The fourth-order valence-electron chi connectivity index (χ4n) is 3.62. The first-order valence-electron chi connectivity index (χ1n) is 10.1. The van der Waals surface area contributed by atoms with Crippen LogP contribution in [0.15, 0.2) is 88.6 Å². The van der Waals surface area contributed by atoms with Gasteiger partial charge in [0.25, 0.3) is 0 Å². The van der Waals surface area contributed by atoms with Crippen molar-refractivity contribution in [3.05, 3.63) is 99.7 Å². The minimum absolute atomic E-state index is 0.0105. The first kappa shape index (κ1) is 21.5. The molecule has 0 unspecified atom stereocenters. The summed E-state index contributed by atoms with van der Waals surface area (Å²) >= 11 is 1.08. The van der Waals surface area contributed by atoms with E-state index in [-0.39, 0.29) is 28.9 Å². The topological polar surface area (TPSA) is 59.4 Å². The fraction of sp³-hybridized carbons (Fsp3) is 0.208. The molecule has 0 N–H and O–H groups in total. The summed E-state index contributed by atoms with van der Waals surface area (Å²) in [7, 11) is -3.78. The SMILES string of the molecule is CC(C)n1c(=O)sc2cc(S(=O)(=O)N(Cc3ccccc3)Cc3ccccc3)ccc21. The van der Waals surface area contributed by atoms with Crippen LogP contribution >= 0.6 is 11.3 Å². The maximum absolute atomic E-state index is 13.7. The summed E-state index contributed by atoms with van der Waals surface area (Å²) in [6, 6.07) is 24.1. The summed E-state index contributed by atoms with van der Waals surface area (Å²) in [5, 5.41) is 0. The van der Waals surface area contributed by atoms with Gasteiger partial charge in [0, 0.05) is 19.1 Å². The fourth-order valence-corrected chi connectivity index (χ4v) is 6.19. The molecule has 4 aromatic rings. The Morgan fingerprint density at radius 3 is 1.94 bits per heavy atom. The molecule has 0 fully saturated rings. The molecule has 7 heteroatoms. The molecule has 1 aromatic heterocycles. The third-order valence-corrected chi connectivity index (χ3v) is 7.85. The molecule has 0 aliphatic carbocycles. The summed E-state index contributed by atoms with van der Waals surface area (Å²) < 4.78 is 31.2. The molecule has 3 aromatic carbocycles. The lowest BCUT2D eigenvalue weighted by Crippen LogP contribution is -2.30. The Hall–Kier alpha value is -2.74.